The summed E-state index contributed by atoms with van der Waals surface area (Å²) in [6.45, 7) is 8.00. The second-order valence-corrected chi connectivity index (χ2v) is 4.57. The van der Waals surface area contributed by atoms with E-state index in [-0.39, 0.29) is 0 Å². The van der Waals surface area contributed by atoms with Crippen LogP contribution >= 0.6 is 0 Å². The first-order valence-electron chi connectivity index (χ1n) is 8.05. The lowest BCUT2D eigenvalue weighted by molar-refractivity contribution is 1.42. The van der Waals surface area contributed by atoms with Crippen LogP contribution in [-0.4, -0.2) is 0 Å². The molecule has 0 saturated carbocycles. The molecular formula is C21H24. The third kappa shape index (κ3) is 2.58. The summed E-state index contributed by atoms with van der Waals surface area (Å²) in [5.74, 6) is 0. The molecule has 4 rings (SSSR count). The fourth-order valence-corrected chi connectivity index (χ4v) is 2.91. The Labute approximate surface area is 128 Å². The number of benzene rings is 2. The van der Waals surface area contributed by atoms with E-state index in [4.69, 9.17) is 0 Å². The molecule has 2 aliphatic carbocycles. The minimum atomic E-state index is 1.03. The van der Waals surface area contributed by atoms with Gasteiger partial charge in [-0.2, -0.15) is 0 Å². The molecule has 2 aliphatic rings. The number of fused-ring (bicyclic) bond motifs is 3. The van der Waals surface area contributed by atoms with Gasteiger partial charge in [0.15, 0.2) is 0 Å². The molecule has 0 atom stereocenters. The van der Waals surface area contributed by atoms with Crippen LogP contribution < -0.4 is 0 Å². The maximum Gasteiger partial charge on any atom is -0.00296 e. The third-order valence-electron chi connectivity index (χ3n) is 3.63. The van der Waals surface area contributed by atoms with Crippen LogP contribution in [0.3, 0.4) is 0 Å². The van der Waals surface area contributed by atoms with Gasteiger partial charge in [-0.15, -0.1) is 0 Å². The highest BCUT2D eigenvalue weighted by Crippen LogP contribution is 2.46. The fourth-order valence-electron chi connectivity index (χ4n) is 2.91. The second kappa shape index (κ2) is 7.08. The lowest BCUT2D eigenvalue weighted by Crippen LogP contribution is -1.84. The molecule has 108 valence electrons. The smallest absolute Gasteiger partial charge is 0.00296 e. The normalized spacial score (nSPS) is 12.7. The van der Waals surface area contributed by atoms with Crippen molar-refractivity contribution in [2.45, 2.75) is 34.1 Å². The molecule has 0 heterocycles. The van der Waals surface area contributed by atoms with Gasteiger partial charge in [0, 0.05) is 0 Å². The first kappa shape index (κ1) is 15.3. The van der Waals surface area contributed by atoms with Crippen LogP contribution in [0, 0.1) is 0 Å². The van der Waals surface area contributed by atoms with Gasteiger partial charge < -0.3 is 0 Å². The highest BCUT2D eigenvalue weighted by molar-refractivity contribution is 6.04. The van der Waals surface area contributed by atoms with Gasteiger partial charge in [-0.1, -0.05) is 88.4 Å². The molecule has 0 unspecified atom stereocenters. The summed E-state index contributed by atoms with van der Waals surface area (Å²) in [4.78, 5) is 0. The molecule has 0 nitrogen and oxygen atoms in total. The molecule has 0 N–H and O–H groups in total. The highest BCUT2D eigenvalue weighted by atomic mass is 14.3. The van der Waals surface area contributed by atoms with Gasteiger partial charge in [0.2, 0.25) is 0 Å². The molecule has 2 aromatic rings. The molecule has 0 saturated heterocycles. The predicted octanol–water partition coefficient (Wildman–Crippen LogP) is 6.57. The van der Waals surface area contributed by atoms with E-state index in [2.05, 4.69) is 60.7 Å². The van der Waals surface area contributed by atoms with Crippen molar-refractivity contribution in [1.29, 1.82) is 0 Å². The van der Waals surface area contributed by atoms with E-state index in [0.29, 0.717) is 0 Å². The van der Waals surface area contributed by atoms with Gasteiger partial charge in [-0.05, 0) is 39.8 Å². The summed E-state index contributed by atoms with van der Waals surface area (Å²) in [5.41, 5.74) is 8.33. The summed E-state index contributed by atoms with van der Waals surface area (Å²) < 4.78 is 0. The first-order chi connectivity index (χ1) is 10.4. The molecule has 21 heavy (non-hydrogen) atoms. The van der Waals surface area contributed by atoms with Crippen molar-refractivity contribution < 1.29 is 0 Å². The van der Waals surface area contributed by atoms with E-state index in [0.717, 1.165) is 6.42 Å². The average molecular weight is 276 g/mol. The fraction of sp³-hybridized carbons (Fsp3) is 0.238. The van der Waals surface area contributed by atoms with Crippen LogP contribution in [-0.2, 0) is 0 Å². The molecule has 0 aliphatic heterocycles. The SMILES string of the molecule is C1=Cc2cccc3c2C(=CC1)c1ccccc1-3.CC.CC. The highest BCUT2D eigenvalue weighted by Gasteiger charge is 2.24. The lowest BCUT2D eigenvalue weighted by Gasteiger charge is -2.04. The van der Waals surface area contributed by atoms with Crippen LogP contribution in [0.4, 0.5) is 0 Å². The minimum absolute atomic E-state index is 1.03. The van der Waals surface area contributed by atoms with Gasteiger partial charge in [0.05, 0.1) is 0 Å². The van der Waals surface area contributed by atoms with Crippen molar-refractivity contribution in [1.82, 2.24) is 0 Å². The van der Waals surface area contributed by atoms with Gasteiger partial charge in [-0.25, -0.2) is 0 Å². The summed E-state index contributed by atoms with van der Waals surface area (Å²) in [6, 6.07) is 15.3. The molecule has 0 aromatic heterocycles. The Morgan fingerprint density at radius 2 is 1.38 bits per heavy atom. The van der Waals surface area contributed by atoms with Crippen LogP contribution in [0.5, 0.6) is 0 Å². The van der Waals surface area contributed by atoms with Crippen LogP contribution in [0.2, 0.25) is 0 Å². The number of rotatable bonds is 0. The van der Waals surface area contributed by atoms with Crippen LogP contribution in [0.15, 0.2) is 54.6 Å². The Hall–Kier alpha value is -2.08. The van der Waals surface area contributed by atoms with E-state index >= 15 is 0 Å². The molecule has 0 fully saturated rings. The lowest BCUT2D eigenvalue weighted by atomic mass is 9.99. The maximum absolute atomic E-state index is 2.34. The van der Waals surface area contributed by atoms with Gasteiger partial charge >= 0.3 is 0 Å². The zero-order valence-corrected chi connectivity index (χ0v) is 13.5. The number of hydrogen-bond donors (Lipinski definition) is 0. The van der Waals surface area contributed by atoms with Crippen molar-refractivity contribution in [3.05, 3.63) is 71.3 Å². The third-order valence-corrected chi connectivity index (χ3v) is 3.63. The Morgan fingerprint density at radius 3 is 2.14 bits per heavy atom. The predicted molar refractivity (Wildman–Crippen MR) is 95.3 cm³/mol. The Balaban J connectivity index is 0.000000374. The standard InChI is InChI=1S/C17H12.2C2H6/c1-2-10-15-13-8-3-4-9-14(13)16-11-5-7-12(6-1)17(15)16;2*1-2/h1,3-11H,2H2;2*1-2H3. The van der Waals surface area contributed by atoms with Crippen LogP contribution in [0.25, 0.3) is 22.8 Å². The maximum atomic E-state index is 2.34. The average Bonchev–Trinajstić information content (AvgIpc) is 2.74. The quantitative estimate of drug-likeness (QED) is 0.435. The summed E-state index contributed by atoms with van der Waals surface area (Å²) in [7, 11) is 0. The Kier molecular flexibility index (Phi) is 5.16. The van der Waals surface area contributed by atoms with Crippen molar-refractivity contribution in [2.24, 2.45) is 0 Å². The van der Waals surface area contributed by atoms with Crippen molar-refractivity contribution >= 4 is 11.6 Å². The van der Waals surface area contributed by atoms with Crippen molar-refractivity contribution in [3.8, 4) is 11.1 Å². The van der Waals surface area contributed by atoms with Gasteiger partial charge in [0.25, 0.3) is 0 Å². The van der Waals surface area contributed by atoms with E-state index < -0.39 is 0 Å². The summed E-state index contributed by atoms with van der Waals surface area (Å²) in [5, 5.41) is 0. The largest absolute Gasteiger partial charge is 0.0801 e. The van der Waals surface area contributed by atoms with Gasteiger partial charge in [-0.3, -0.25) is 0 Å². The van der Waals surface area contributed by atoms with E-state index in [1.54, 1.807) is 0 Å². The topological polar surface area (TPSA) is 0 Å². The molecule has 0 amide bonds. The van der Waals surface area contributed by atoms with Crippen LogP contribution in [0.1, 0.15) is 50.8 Å². The molecule has 0 spiro atoms. The van der Waals surface area contributed by atoms with E-state index in [1.165, 1.54) is 33.4 Å². The zero-order valence-electron chi connectivity index (χ0n) is 13.5. The minimum Gasteiger partial charge on any atom is -0.0801 e. The van der Waals surface area contributed by atoms with Crippen molar-refractivity contribution in [2.75, 3.05) is 0 Å². The molecule has 0 bridgehead atoms. The second-order valence-electron chi connectivity index (χ2n) is 4.57. The molecule has 2 aromatic carbocycles. The van der Waals surface area contributed by atoms with E-state index in [9.17, 15) is 0 Å². The first-order valence-corrected chi connectivity index (χ1v) is 8.05. The summed E-state index contributed by atoms with van der Waals surface area (Å²) in [6.07, 6.45) is 7.85. The van der Waals surface area contributed by atoms with Gasteiger partial charge in [0.1, 0.15) is 0 Å². The Morgan fingerprint density at radius 1 is 0.714 bits per heavy atom. The number of allylic oxidation sites excluding steroid dienone is 2. The Bertz CT molecular complexity index is 672. The number of hydrogen-bond acceptors (Lipinski definition) is 0. The van der Waals surface area contributed by atoms with Crippen molar-refractivity contribution in [3.63, 3.8) is 0 Å². The summed E-state index contributed by atoms with van der Waals surface area (Å²) >= 11 is 0. The zero-order chi connectivity index (χ0) is 15.2. The monoisotopic (exact) mass is 276 g/mol. The molecular weight excluding hydrogens is 252 g/mol. The molecule has 0 heteroatoms. The molecule has 0 radical (unpaired) electrons. The van der Waals surface area contributed by atoms with E-state index in [1.807, 2.05) is 27.7 Å².